The minimum Gasteiger partial charge on any atom is -0.497 e. The quantitative estimate of drug-likeness (QED) is 0.859. The van der Waals surface area contributed by atoms with Crippen molar-refractivity contribution in [3.63, 3.8) is 0 Å². The highest BCUT2D eigenvalue weighted by Gasteiger charge is 2.22. The maximum Gasteiger partial charge on any atom is 0.236 e. The summed E-state index contributed by atoms with van der Waals surface area (Å²) in [5.41, 5.74) is 2.76. The highest BCUT2D eigenvalue weighted by molar-refractivity contribution is 5.93. The minimum absolute atomic E-state index is 0.0412. The normalized spacial score (nSPS) is 17.5. The van der Waals surface area contributed by atoms with Gasteiger partial charge >= 0.3 is 0 Å². The van der Waals surface area contributed by atoms with E-state index in [0.717, 1.165) is 22.7 Å². The van der Waals surface area contributed by atoms with Crippen LogP contribution < -0.4 is 4.74 Å². The molecule has 20 heavy (non-hydrogen) atoms. The molecule has 2 heterocycles. The third-order valence-electron chi connectivity index (χ3n) is 3.22. The number of rotatable bonds is 3. The summed E-state index contributed by atoms with van der Waals surface area (Å²) in [6.45, 7) is 2.48. The van der Waals surface area contributed by atoms with E-state index in [2.05, 4.69) is 22.1 Å². The van der Waals surface area contributed by atoms with Crippen LogP contribution in [0.25, 0.3) is 0 Å². The largest absolute Gasteiger partial charge is 0.497 e. The maximum absolute atomic E-state index is 5.69. The lowest BCUT2D eigenvalue weighted by Crippen LogP contribution is -2.05. The van der Waals surface area contributed by atoms with Gasteiger partial charge in [-0.1, -0.05) is 30.3 Å². The molecule has 1 aliphatic heterocycles. The van der Waals surface area contributed by atoms with Gasteiger partial charge in [-0.2, -0.15) is 0 Å². The van der Waals surface area contributed by atoms with Gasteiger partial charge in [0.1, 0.15) is 24.1 Å². The summed E-state index contributed by atoms with van der Waals surface area (Å²) in [5.74, 6) is 1.35. The van der Waals surface area contributed by atoms with Gasteiger partial charge in [0.15, 0.2) is 0 Å². The molecule has 4 heteroatoms. The van der Waals surface area contributed by atoms with Gasteiger partial charge in [-0.15, -0.1) is 0 Å². The number of aryl methyl sites for hydroxylation is 1. The van der Waals surface area contributed by atoms with E-state index < -0.39 is 0 Å². The fourth-order valence-corrected chi connectivity index (χ4v) is 2.22. The van der Waals surface area contributed by atoms with Crippen LogP contribution >= 0.6 is 0 Å². The van der Waals surface area contributed by atoms with Gasteiger partial charge in [0.05, 0.1) is 7.11 Å². The molecule has 102 valence electrons. The number of ether oxygens (including phenoxy) is 2. The molecule has 0 saturated carbocycles. The molecule has 1 aromatic carbocycles. The van der Waals surface area contributed by atoms with Crippen molar-refractivity contribution in [1.29, 1.82) is 0 Å². The van der Waals surface area contributed by atoms with E-state index in [4.69, 9.17) is 9.47 Å². The summed E-state index contributed by atoms with van der Waals surface area (Å²) in [6, 6.07) is 13.9. The fraction of sp³-hybridized carbons (Fsp3) is 0.250. The van der Waals surface area contributed by atoms with Gasteiger partial charge in [0, 0.05) is 17.8 Å². The van der Waals surface area contributed by atoms with E-state index in [1.54, 1.807) is 7.11 Å². The second kappa shape index (κ2) is 5.33. The third-order valence-corrected chi connectivity index (χ3v) is 3.22. The number of benzene rings is 1. The standard InChI is InChI=1S/C16H16N2O2/c1-11-8-13(19-2)9-14(17-11)16-18-15(10-20-16)12-6-4-3-5-7-12/h3-9,15H,10H2,1-2H3/t15-/m0/s1. The molecule has 0 bridgehead atoms. The van der Waals surface area contributed by atoms with Crippen LogP contribution in [0, 0.1) is 6.92 Å². The van der Waals surface area contributed by atoms with Gasteiger partial charge < -0.3 is 9.47 Å². The highest BCUT2D eigenvalue weighted by Crippen LogP contribution is 2.25. The van der Waals surface area contributed by atoms with Crippen LogP contribution in [0.4, 0.5) is 0 Å². The zero-order valence-corrected chi connectivity index (χ0v) is 11.5. The molecule has 1 aliphatic rings. The molecule has 0 spiro atoms. The molecule has 2 aromatic rings. The zero-order valence-electron chi connectivity index (χ0n) is 11.5. The number of aromatic nitrogens is 1. The van der Waals surface area contributed by atoms with Crippen molar-refractivity contribution in [2.45, 2.75) is 13.0 Å². The summed E-state index contributed by atoms with van der Waals surface area (Å²) >= 11 is 0. The van der Waals surface area contributed by atoms with Crippen LogP contribution in [0.1, 0.15) is 23.0 Å². The summed E-state index contributed by atoms with van der Waals surface area (Å²) in [4.78, 5) is 9.08. The number of aliphatic imine (C=N–C) groups is 1. The summed E-state index contributed by atoms with van der Waals surface area (Å²) in [7, 11) is 1.64. The predicted molar refractivity (Wildman–Crippen MR) is 77.2 cm³/mol. The second-order valence-corrected chi connectivity index (χ2v) is 4.71. The monoisotopic (exact) mass is 268 g/mol. The Morgan fingerprint density at radius 3 is 2.75 bits per heavy atom. The Labute approximate surface area is 118 Å². The van der Waals surface area contributed by atoms with Crippen molar-refractivity contribution in [2.75, 3.05) is 13.7 Å². The van der Waals surface area contributed by atoms with E-state index in [-0.39, 0.29) is 6.04 Å². The van der Waals surface area contributed by atoms with E-state index >= 15 is 0 Å². The maximum atomic E-state index is 5.69. The van der Waals surface area contributed by atoms with Crippen molar-refractivity contribution in [1.82, 2.24) is 4.98 Å². The molecule has 1 aromatic heterocycles. The lowest BCUT2D eigenvalue weighted by molar-refractivity contribution is 0.318. The third kappa shape index (κ3) is 2.50. The SMILES string of the molecule is COc1cc(C)nc(C2=N[C@H](c3ccccc3)CO2)c1. The smallest absolute Gasteiger partial charge is 0.236 e. The second-order valence-electron chi connectivity index (χ2n) is 4.71. The molecule has 0 unspecified atom stereocenters. The molecule has 1 atom stereocenters. The molecule has 0 saturated heterocycles. The van der Waals surface area contributed by atoms with Gasteiger partial charge in [0.25, 0.3) is 0 Å². The lowest BCUT2D eigenvalue weighted by Gasteiger charge is -2.05. The van der Waals surface area contributed by atoms with Crippen molar-refractivity contribution in [3.05, 3.63) is 59.4 Å². The van der Waals surface area contributed by atoms with E-state index in [1.165, 1.54) is 0 Å². The highest BCUT2D eigenvalue weighted by atomic mass is 16.5. The summed E-state index contributed by atoms with van der Waals surface area (Å²) < 4.78 is 10.9. The summed E-state index contributed by atoms with van der Waals surface area (Å²) in [5, 5.41) is 0. The van der Waals surface area contributed by atoms with Gasteiger partial charge in [-0.25, -0.2) is 9.98 Å². The van der Waals surface area contributed by atoms with Crippen LogP contribution in [0.5, 0.6) is 5.75 Å². The molecular formula is C16H16N2O2. The minimum atomic E-state index is 0.0412. The Morgan fingerprint density at radius 2 is 2.00 bits per heavy atom. The first-order chi connectivity index (χ1) is 9.76. The van der Waals surface area contributed by atoms with Crippen molar-refractivity contribution >= 4 is 5.90 Å². The summed E-state index contributed by atoms with van der Waals surface area (Å²) in [6.07, 6.45) is 0. The first-order valence-corrected chi connectivity index (χ1v) is 6.55. The molecule has 4 nitrogen and oxygen atoms in total. The molecule has 0 amide bonds. The molecule has 0 aliphatic carbocycles. The zero-order chi connectivity index (χ0) is 13.9. The number of pyridine rings is 1. The number of hydrogen-bond donors (Lipinski definition) is 0. The van der Waals surface area contributed by atoms with Crippen molar-refractivity contribution in [3.8, 4) is 5.75 Å². The van der Waals surface area contributed by atoms with Crippen LogP contribution in [-0.2, 0) is 4.74 Å². The van der Waals surface area contributed by atoms with Gasteiger partial charge in [-0.3, -0.25) is 0 Å². The molecule has 3 rings (SSSR count). The van der Waals surface area contributed by atoms with Crippen molar-refractivity contribution < 1.29 is 9.47 Å². The first kappa shape index (κ1) is 12.7. The van der Waals surface area contributed by atoms with Crippen LogP contribution in [-0.4, -0.2) is 24.6 Å². The van der Waals surface area contributed by atoms with Crippen LogP contribution in [0.3, 0.4) is 0 Å². The average Bonchev–Trinajstić information content (AvgIpc) is 2.97. The van der Waals surface area contributed by atoms with Gasteiger partial charge in [-0.05, 0) is 12.5 Å². The molecule has 0 fully saturated rings. The van der Waals surface area contributed by atoms with Crippen molar-refractivity contribution in [2.24, 2.45) is 4.99 Å². The Balaban J connectivity index is 1.90. The van der Waals surface area contributed by atoms with E-state index in [9.17, 15) is 0 Å². The fourth-order valence-electron chi connectivity index (χ4n) is 2.22. The average molecular weight is 268 g/mol. The van der Waals surface area contributed by atoms with E-state index in [1.807, 2.05) is 37.3 Å². The Hall–Kier alpha value is -2.36. The number of hydrogen-bond acceptors (Lipinski definition) is 4. The number of nitrogens with zero attached hydrogens (tertiary/aromatic N) is 2. The molecule has 0 radical (unpaired) electrons. The Morgan fingerprint density at radius 1 is 1.20 bits per heavy atom. The number of methoxy groups -OCH3 is 1. The molecule has 0 N–H and O–H groups in total. The first-order valence-electron chi connectivity index (χ1n) is 6.55. The van der Waals surface area contributed by atoms with Crippen LogP contribution in [0.15, 0.2) is 47.5 Å². The van der Waals surface area contributed by atoms with Crippen LogP contribution in [0.2, 0.25) is 0 Å². The van der Waals surface area contributed by atoms with E-state index in [0.29, 0.717) is 12.5 Å². The van der Waals surface area contributed by atoms with Gasteiger partial charge in [0.2, 0.25) is 5.90 Å². The lowest BCUT2D eigenvalue weighted by atomic mass is 10.1. The topological polar surface area (TPSA) is 43.7 Å². The predicted octanol–water partition coefficient (Wildman–Crippen LogP) is 2.92. The Bertz CT molecular complexity index is 638. The Kier molecular flexibility index (Phi) is 3.37. The molecular weight excluding hydrogens is 252 g/mol.